The van der Waals surface area contributed by atoms with E-state index in [1.165, 1.54) is 28.0 Å². The van der Waals surface area contributed by atoms with Gasteiger partial charge in [-0.15, -0.1) is 0 Å². The van der Waals surface area contributed by atoms with E-state index in [1.807, 2.05) is 16.0 Å². The summed E-state index contributed by atoms with van der Waals surface area (Å²) in [4.78, 5) is 44.9. The molecule has 2 aliphatic rings. The minimum atomic E-state index is -4.15. The minimum absolute atomic E-state index is 0.00948. The molecule has 10 nitrogen and oxygen atoms in total. The predicted octanol–water partition coefficient (Wildman–Crippen LogP) is 0.738. The van der Waals surface area contributed by atoms with Gasteiger partial charge in [-0.25, -0.2) is 13.2 Å². The van der Waals surface area contributed by atoms with Crippen molar-refractivity contribution in [2.45, 2.75) is 38.5 Å². The Hall–Kier alpha value is -2.92. The van der Waals surface area contributed by atoms with E-state index in [9.17, 15) is 22.8 Å². The molecule has 4 rings (SSSR count). The van der Waals surface area contributed by atoms with E-state index in [2.05, 4.69) is 35.9 Å². The first kappa shape index (κ1) is 24.2. The fraction of sp³-hybridized carbons (Fsp3) is 0.522. The van der Waals surface area contributed by atoms with E-state index in [4.69, 9.17) is 0 Å². The van der Waals surface area contributed by atoms with Gasteiger partial charge in [0.05, 0.1) is 5.92 Å². The monoisotopic (exact) mass is 489 g/mol. The molecule has 1 aromatic heterocycles. The molecule has 2 aromatic rings. The molecule has 34 heavy (non-hydrogen) atoms. The Bertz CT molecular complexity index is 1310. The summed E-state index contributed by atoms with van der Waals surface area (Å²) in [5, 5.41) is 0. The Balaban J connectivity index is 1.45. The SMILES string of the molecule is Cc1cccc(N2CCN(C(=O)[C@H]3CCCN(S(=O)(=O)c4c(C)[nH]c(=O)[nH]c4=O)C3)CC2)c1C. The topological polar surface area (TPSA) is 127 Å². The molecule has 0 bridgehead atoms. The average molecular weight is 490 g/mol. The first-order chi connectivity index (χ1) is 16.1. The van der Waals surface area contributed by atoms with E-state index < -0.39 is 32.1 Å². The van der Waals surface area contributed by atoms with E-state index in [0.717, 1.165) is 13.1 Å². The fourth-order valence-corrected chi connectivity index (χ4v) is 6.62. The molecule has 1 aromatic carbocycles. The van der Waals surface area contributed by atoms with Crippen LogP contribution in [0.1, 0.15) is 29.7 Å². The lowest BCUT2D eigenvalue weighted by Crippen LogP contribution is -2.53. The quantitative estimate of drug-likeness (QED) is 0.652. The van der Waals surface area contributed by atoms with Gasteiger partial charge in [-0.1, -0.05) is 12.1 Å². The van der Waals surface area contributed by atoms with Crippen LogP contribution in [0, 0.1) is 26.7 Å². The molecule has 3 heterocycles. The van der Waals surface area contributed by atoms with Crippen molar-refractivity contribution >= 4 is 21.6 Å². The number of H-pyrrole nitrogens is 2. The second-order valence-corrected chi connectivity index (χ2v) is 11.0. The average Bonchev–Trinajstić information content (AvgIpc) is 2.80. The first-order valence-corrected chi connectivity index (χ1v) is 13.0. The van der Waals surface area contributed by atoms with Crippen molar-refractivity contribution in [3.63, 3.8) is 0 Å². The van der Waals surface area contributed by atoms with Crippen LogP contribution in [0.2, 0.25) is 0 Å². The third-order valence-electron chi connectivity index (χ3n) is 6.91. The number of carbonyl (C=O) groups is 1. The first-order valence-electron chi connectivity index (χ1n) is 11.5. The van der Waals surface area contributed by atoms with Crippen LogP contribution in [0.5, 0.6) is 0 Å². The zero-order valence-corrected chi connectivity index (χ0v) is 20.6. The highest BCUT2D eigenvalue weighted by Gasteiger charge is 2.37. The highest BCUT2D eigenvalue weighted by molar-refractivity contribution is 7.89. The molecule has 11 heteroatoms. The van der Waals surface area contributed by atoms with Gasteiger partial charge in [-0.3, -0.25) is 14.6 Å². The molecule has 2 N–H and O–H groups in total. The maximum atomic E-state index is 13.3. The third-order valence-corrected chi connectivity index (χ3v) is 8.93. The van der Waals surface area contributed by atoms with Crippen LogP contribution in [0.4, 0.5) is 5.69 Å². The number of rotatable bonds is 4. The lowest BCUT2D eigenvalue weighted by molar-refractivity contribution is -0.137. The van der Waals surface area contributed by atoms with Crippen molar-refractivity contribution in [1.82, 2.24) is 19.2 Å². The second kappa shape index (κ2) is 9.38. The maximum absolute atomic E-state index is 13.3. The Morgan fingerprint density at radius 1 is 1.00 bits per heavy atom. The summed E-state index contributed by atoms with van der Waals surface area (Å²) in [5.41, 5.74) is 1.94. The molecular formula is C23H31N5O5S. The lowest BCUT2D eigenvalue weighted by Gasteiger charge is -2.40. The molecule has 0 unspecified atom stereocenters. The number of carbonyl (C=O) groups excluding carboxylic acids is 1. The van der Waals surface area contributed by atoms with Gasteiger partial charge in [0.2, 0.25) is 15.9 Å². The standard InChI is InChI=1S/C23H31N5O5S/c1-15-6-4-8-19(16(15)2)26-10-12-27(13-11-26)22(30)18-7-5-9-28(14-18)34(32,33)20-17(3)24-23(31)25-21(20)29/h4,6,8,18H,5,7,9-14H2,1-3H3,(H2,24,25,29,31)/t18-/m0/s1. The summed E-state index contributed by atoms with van der Waals surface area (Å²) in [5.74, 6) is -0.509. The lowest BCUT2D eigenvalue weighted by atomic mass is 9.97. The van der Waals surface area contributed by atoms with Gasteiger partial charge in [0.1, 0.15) is 0 Å². The number of anilines is 1. The number of amides is 1. The third kappa shape index (κ3) is 4.54. The van der Waals surface area contributed by atoms with Crippen LogP contribution in [-0.2, 0) is 14.8 Å². The normalized spacial score (nSPS) is 19.9. The number of hydrogen-bond donors (Lipinski definition) is 2. The molecule has 0 spiro atoms. The molecule has 1 amide bonds. The van der Waals surface area contributed by atoms with Crippen LogP contribution in [-0.4, -0.2) is 72.8 Å². The van der Waals surface area contributed by atoms with Gasteiger partial charge in [0.15, 0.2) is 4.90 Å². The van der Waals surface area contributed by atoms with Gasteiger partial charge < -0.3 is 14.8 Å². The highest BCUT2D eigenvalue weighted by atomic mass is 32.2. The Kier molecular flexibility index (Phi) is 6.68. The zero-order chi connectivity index (χ0) is 24.6. The number of nitrogens with one attached hydrogen (secondary N) is 2. The molecule has 0 saturated carbocycles. The number of benzene rings is 1. The summed E-state index contributed by atoms with van der Waals surface area (Å²) in [7, 11) is -4.15. The number of sulfonamides is 1. The maximum Gasteiger partial charge on any atom is 0.325 e. The molecule has 184 valence electrons. The number of aromatic nitrogens is 2. The van der Waals surface area contributed by atoms with Crippen LogP contribution < -0.4 is 16.1 Å². The number of nitrogens with zero attached hydrogens (tertiary/aromatic N) is 3. The van der Waals surface area contributed by atoms with Gasteiger partial charge in [-0.2, -0.15) is 4.31 Å². The Morgan fingerprint density at radius 3 is 2.38 bits per heavy atom. The van der Waals surface area contributed by atoms with Crippen LogP contribution in [0.3, 0.4) is 0 Å². The van der Waals surface area contributed by atoms with Crippen molar-refractivity contribution in [3.8, 4) is 0 Å². The smallest absolute Gasteiger partial charge is 0.325 e. The van der Waals surface area contributed by atoms with Crippen molar-refractivity contribution in [2.24, 2.45) is 5.92 Å². The minimum Gasteiger partial charge on any atom is -0.368 e. The largest absolute Gasteiger partial charge is 0.368 e. The van der Waals surface area contributed by atoms with Crippen LogP contribution in [0.15, 0.2) is 32.7 Å². The predicted molar refractivity (Wildman–Crippen MR) is 129 cm³/mol. The van der Waals surface area contributed by atoms with Crippen molar-refractivity contribution < 1.29 is 13.2 Å². The molecule has 0 radical (unpaired) electrons. The number of piperazine rings is 1. The van der Waals surface area contributed by atoms with Crippen molar-refractivity contribution in [1.29, 1.82) is 0 Å². The number of hydrogen-bond acceptors (Lipinski definition) is 6. The summed E-state index contributed by atoms with van der Waals surface area (Å²) < 4.78 is 27.6. The molecule has 2 aliphatic heterocycles. The summed E-state index contributed by atoms with van der Waals surface area (Å²) in [6.07, 6.45) is 1.13. The van der Waals surface area contributed by atoms with E-state index in [0.29, 0.717) is 25.9 Å². The molecule has 2 saturated heterocycles. The van der Waals surface area contributed by atoms with E-state index >= 15 is 0 Å². The fourth-order valence-electron chi connectivity index (χ4n) is 4.89. The second-order valence-electron chi connectivity index (χ2n) is 9.10. The van der Waals surface area contributed by atoms with Crippen molar-refractivity contribution in [2.75, 3.05) is 44.2 Å². The zero-order valence-electron chi connectivity index (χ0n) is 19.8. The van der Waals surface area contributed by atoms with Gasteiger partial charge >= 0.3 is 5.69 Å². The highest BCUT2D eigenvalue weighted by Crippen LogP contribution is 2.27. The van der Waals surface area contributed by atoms with Crippen LogP contribution in [0.25, 0.3) is 0 Å². The number of piperidine rings is 1. The van der Waals surface area contributed by atoms with E-state index in [-0.39, 0.29) is 24.7 Å². The van der Waals surface area contributed by atoms with Gasteiger partial charge in [0.25, 0.3) is 5.56 Å². The Morgan fingerprint density at radius 2 is 1.71 bits per heavy atom. The van der Waals surface area contributed by atoms with Gasteiger partial charge in [0, 0.05) is 50.6 Å². The summed E-state index contributed by atoms with van der Waals surface area (Å²) >= 11 is 0. The van der Waals surface area contributed by atoms with E-state index in [1.54, 1.807) is 0 Å². The van der Waals surface area contributed by atoms with Gasteiger partial charge in [-0.05, 0) is 50.8 Å². The summed E-state index contributed by atoms with van der Waals surface area (Å²) in [6.45, 7) is 8.42. The Labute approximate surface area is 198 Å². The molecule has 0 aliphatic carbocycles. The van der Waals surface area contributed by atoms with Crippen molar-refractivity contribution in [3.05, 3.63) is 55.9 Å². The molecule has 1 atom stereocenters. The number of aryl methyl sites for hydroxylation is 2. The van der Waals surface area contributed by atoms with Crippen LogP contribution >= 0.6 is 0 Å². The molecule has 2 fully saturated rings. The molecular weight excluding hydrogens is 458 g/mol. The number of aromatic amines is 2. The summed E-state index contributed by atoms with van der Waals surface area (Å²) in [6, 6.07) is 6.23.